The summed E-state index contributed by atoms with van der Waals surface area (Å²) in [5.41, 5.74) is 3.85. The number of aryl methyl sites for hydroxylation is 2. The maximum Gasteiger partial charge on any atom is 0.247 e. The molecule has 0 unspecified atom stereocenters. The van der Waals surface area contributed by atoms with Gasteiger partial charge in [-0.15, -0.1) is 5.10 Å². The summed E-state index contributed by atoms with van der Waals surface area (Å²) in [4.78, 5) is 5.24. The van der Waals surface area contributed by atoms with E-state index in [-0.39, 0.29) is 0 Å². The Labute approximate surface area is 125 Å². The van der Waals surface area contributed by atoms with E-state index in [2.05, 4.69) is 15.4 Å². The molecule has 1 aromatic carbocycles. The molecule has 0 spiro atoms. The Morgan fingerprint density at radius 2 is 2.00 bits per heavy atom. The van der Waals surface area contributed by atoms with Gasteiger partial charge in [-0.25, -0.2) is 4.52 Å². The zero-order chi connectivity index (χ0) is 15.0. The lowest BCUT2D eigenvalue weighted by molar-refractivity contribution is 0.687. The van der Waals surface area contributed by atoms with Crippen LogP contribution < -0.4 is 5.32 Å². The highest BCUT2D eigenvalue weighted by Gasteiger charge is 2.07. The molecule has 1 N–H and O–H groups in total. The van der Waals surface area contributed by atoms with Crippen molar-refractivity contribution >= 4 is 28.1 Å². The lowest BCUT2D eigenvalue weighted by Crippen LogP contribution is -1.97. The number of hydrogen-bond donors (Lipinski definition) is 1. The third-order valence-electron chi connectivity index (χ3n) is 3.26. The predicted molar refractivity (Wildman–Crippen MR) is 84.5 cm³/mol. The fourth-order valence-electron chi connectivity index (χ4n) is 2.11. The van der Waals surface area contributed by atoms with Crippen molar-refractivity contribution in [3.63, 3.8) is 0 Å². The minimum atomic E-state index is -0.972. The van der Waals surface area contributed by atoms with Crippen molar-refractivity contribution in [2.24, 2.45) is 0 Å². The monoisotopic (exact) mass is 300 g/mol. The van der Waals surface area contributed by atoms with Crippen molar-refractivity contribution in [1.29, 1.82) is 0 Å². The third kappa shape index (κ3) is 2.80. The molecule has 21 heavy (non-hydrogen) atoms. The Hall–Kier alpha value is -2.21. The summed E-state index contributed by atoms with van der Waals surface area (Å²) < 4.78 is 13.2. The van der Waals surface area contributed by atoms with Crippen molar-refractivity contribution < 1.29 is 4.21 Å². The Balaban J connectivity index is 1.93. The summed E-state index contributed by atoms with van der Waals surface area (Å²) in [5, 5.41) is 7.61. The summed E-state index contributed by atoms with van der Waals surface area (Å²) in [7, 11) is -0.972. The Kier molecular flexibility index (Phi) is 3.47. The molecule has 2 aromatic heterocycles. The van der Waals surface area contributed by atoms with Crippen molar-refractivity contribution in [2.75, 3.05) is 11.6 Å². The van der Waals surface area contributed by atoms with E-state index in [1.807, 2.05) is 50.4 Å². The van der Waals surface area contributed by atoms with E-state index in [0.717, 1.165) is 27.4 Å². The van der Waals surface area contributed by atoms with Gasteiger partial charge < -0.3 is 5.32 Å². The van der Waals surface area contributed by atoms with Crippen LogP contribution in [0.25, 0.3) is 5.65 Å². The van der Waals surface area contributed by atoms with Crippen LogP contribution in [0, 0.1) is 13.8 Å². The molecule has 0 radical (unpaired) electrons. The second kappa shape index (κ2) is 5.29. The van der Waals surface area contributed by atoms with Gasteiger partial charge in [-0.3, -0.25) is 4.21 Å². The van der Waals surface area contributed by atoms with Gasteiger partial charge in [0.05, 0.1) is 0 Å². The van der Waals surface area contributed by atoms with E-state index in [0.29, 0.717) is 5.95 Å². The van der Waals surface area contributed by atoms with Gasteiger partial charge in [0, 0.05) is 33.8 Å². The fraction of sp³-hybridized carbons (Fsp3) is 0.200. The molecule has 108 valence electrons. The summed E-state index contributed by atoms with van der Waals surface area (Å²) in [6.45, 7) is 3.99. The zero-order valence-electron chi connectivity index (χ0n) is 12.1. The Morgan fingerprint density at radius 3 is 2.71 bits per heavy atom. The number of pyridine rings is 1. The third-order valence-corrected chi connectivity index (χ3v) is 4.17. The quantitative estimate of drug-likeness (QED) is 0.808. The number of rotatable bonds is 3. The van der Waals surface area contributed by atoms with Crippen LogP contribution in [0.2, 0.25) is 0 Å². The fourth-order valence-corrected chi connectivity index (χ4v) is 2.72. The number of anilines is 2. The first-order chi connectivity index (χ1) is 10.0. The average molecular weight is 300 g/mol. The van der Waals surface area contributed by atoms with Gasteiger partial charge in [0.25, 0.3) is 0 Å². The zero-order valence-corrected chi connectivity index (χ0v) is 12.9. The summed E-state index contributed by atoms with van der Waals surface area (Å²) in [6, 6.07) is 9.61. The molecular formula is C15H16N4OS. The molecule has 1 atom stereocenters. The maximum absolute atomic E-state index is 11.5. The Bertz CT molecular complexity index is 841. The van der Waals surface area contributed by atoms with Gasteiger partial charge in [-0.2, -0.15) is 4.98 Å². The first-order valence-corrected chi connectivity index (χ1v) is 8.13. The molecule has 3 rings (SSSR count). The molecule has 0 amide bonds. The van der Waals surface area contributed by atoms with Crippen LogP contribution >= 0.6 is 0 Å². The molecule has 0 fully saturated rings. The van der Waals surface area contributed by atoms with E-state index in [4.69, 9.17) is 0 Å². The molecule has 0 aliphatic rings. The molecule has 0 bridgehead atoms. The summed E-state index contributed by atoms with van der Waals surface area (Å²) in [6.07, 6.45) is 3.61. The molecule has 0 saturated heterocycles. The number of nitrogens with zero attached hydrogens (tertiary/aromatic N) is 3. The lowest BCUT2D eigenvalue weighted by atomic mass is 10.2. The van der Waals surface area contributed by atoms with Gasteiger partial charge >= 0.3 is 0 Å². The molecule has 6 heteroatoms. The number of hydrogen-bond acceptors (Lipinski definition) is 4. The van der Waals surface area contributed by atoms with Crippen LogP contribution in [0.5, 0.6) is 0 Å². The first-order valence-electron chi connectivity index (χ1n) is 6.57. The molecule has 0 aliphatic heterocycles. The van der Waals surface area contributed by atoms with Crippen molar-refractivity contribution in [1.82, 2.24) is 14.6 Å². The second-order valence-corrected chi connectivity index (χ2v) is 6.38. The van der Waals surface area contributed by atoms with Crippen LogP contribution in [0.3, 0.4) is 0 Å². The number of nitrogens with one attached hydrogen (secondary N) is 1. The maximum atomic E-state index is 11.5. The number of benzene rings is 1. The second-order valence-electron chi connectivity index (χ2n) is 5.00. The van der Waals surface area contributed by atoms with Crippen LogP contribution in [-0.2, 0) is 10.8 Å². The van der Waals surface area contributed by atoms with Crippen LogP contribution in [0.1, 0.15) is 11.1 Å². The molecular weight excluding hydrogens is 284 g/mol. The molecule has 0 saturated carbocycles. The minimum Gasteiger partial charge on any atom is -0.323 e. The highest BCUT2D eigenvalue weighted by Crippen LogP contribution is 2.21. The van der Waals surface area contributed by atoms with E-state index in [1.54, 1.807) is 10.8 Å². The van der Waals surface area contributed by atoms with Gasteiger partial charge in [-0.05, 0) is 49.2 Å². The lowest BCUT2D eigenvalue weighted by Gasteiger charge is -2.07. The largest absolute Gasteiger partial charge is 0.323 e. The van der Waals surface area contributed by atoms with Gasteiger partial charge in [0.1, 0.15) is 0 Å². The molecule has 0 aliphatic carbocycles. The van der Waals surface area contributed by atoms with Crippen molar-refractivity contribution in [3.05, 3.63) is 47.7 Å². The van der Waals surface area contributed by atoms with E-state index in [1.165, 1.54) is 0 Å². The van der Waals surface area contributed by atoms with Crippen molar-refractivity contribution in [3.8, 4) is 0 Å². The van der Waals surface area contributed by atoms with E-state index < -0.39 is 10.8 Å². The minimum absolute atomic E-state index is 0.550. The van der Waals surface area contributed by atoms with Crippen LogP contribution in [0.4, 0.5) is 11.6 Å². The normalized spacial score (nSPS) is 12.5. The highest BCUT2D eigenvalue weighted by molar-refractivity contribution is 7.84. The van der Waals surface area contributed by atoms with E-state index in [9.17, 15) is 4.21 Å². The summed E-state index contributed by atoms with van der Waals surface area (Å²) in [5.74, 6) is 0.550. The number of aromatic nitrogens is 3. The highest BCUT2D eigenvalue weighted by atomic mass is 32.2. The Morgan fingerprint density at radius 1 is 1.19 bits per heavy atom. The predicted octanol–water partition coefficient (Wildman–Crippen LogP) is 2.83. The average Bonchev–Trinajstić information content (AvgIpc) is 2.82. The van der Waals surface area contributed by atoms with Gasteiger partial charge in [-0.1, -0.05) is 6.07 Å². The standard InChI is InChI=1S/C15H16N4OS/c1-10-4-7-14-17-15(18-19(14)9-10)16-13-6-5-12(21(3)20)8-11(13)2/h4-9H,1-3H3,(H,16,18)/t21-/m1/s1. The SMILES string of the molecule is Cc1ccc2nc(Nc3ccc([S@@](C)=O)cc3C)nn2c1. The van der Waals surface area contributed by atoms with Gasteiger partial charge in [0.2, 0.25) is 5.95 Å². The first kappa shape index (κ1) is 13.8. The topological polar surface area (TPSA) is 59.3 Å². The molecule has 5 nitrogen and oxygen atoms in total. The van der Waals surface area contributed by atoms with Crippen LogP contribution in [0.15, 0.2) is 41.4 Å². The van der Waals surface area contributed by atoms with Crippen LogP contribution in [-0.4, -0.2) is 25.1 Å². The number of fused-ring (bicyclic) bond motifs is 1. The molecule has 3 aromatic rings. The summed E-state index contributed by atoms with van der Waals surface area (Å²) >= 11 is 0. The van der Waals surface area contributed by atoms with Gasteiger partial charge in [0.15, 0.2) is 5.65 Å². The van der Waals surface area contributed by atoms with Crippen molar-refractivity contribution in [2.45, 2.75) is 18.7 Å². The molecule has 2 heterocycles. The smallest absolute Gasteiger partial charge is 0.247 e. The van der Waals surface area contributed by atoms with E-state index >= 15 is 0 Å².